The van der Waals surface area contributed by atoms with Crippen molar-refractivity contribution in [3.8, 4) is 0 Å². The minimum Gasteiger partial charge on any atom is -0.367 e. The fraction of sp³-hybridized carbons (Fsp3) is 0.241. The Morgan fingerprint density at radius 3 is 2.00 bits per heavy atom. The van der Waals surface area contributed by atoms with Crippen molar-refractivity contribution in [1.82, 2.24) is 9.88 Å². The first kappa shape index (κ1) is 30.6. The molecular weight excluding hydrogens is 479 g/mol. The van der Waals surface area contributed by atoms with Crippen molar-refractivity contribution < 1.29 is 22.7 Å². The number of anilines is 1. The molecule has 1 amide bonds. The normalized spacial score (nSPS) is 11.9. The largest absolute Gasteiger partial charge is 0.411 e. The van der Waals surface area contributed by atoms with Gasteiger partial charge < -0.3 is 14.5 Å². The van der Waals surface area contributed by atoms with Crippen molar-refractivity contribution in [2.45, 2.75) is 12.8 Å². The molecule has 0 spiro atoms. The average molecular weight is 508 g/mol. The van der Waals surface area contributed by atoms with Gasteiger partial charge in [0.05, 0.1) is 6.61 Å². The van der Waals surface area contributed by atoms with Gasteiger partial charge in [0.25, 0.3) is 5.91 Å². The fourth-order valence-corrected chi connectivity index (χ4v) is 3.01. The minimum atomic E-state index is -4.34. The molecule has 1 aliphatic rings. The van der Waals surface area contributed by atoms with Gasteiger partial charge in [0.1, 0.15) is 12.4 Å². The smallest absolute Gasteiger partial charge is 0.367 e. The third-order valence-electron chi connectivity index (χ3n) is 4.58. The number of aromatic nitrogens is 1. The first-order valence-electron chi connectivity index (χ1n) is 11.0. The maximum absolute atomic E-state index is 12.6. The van der Waals surface area contributed by atoms with Crippen LogP contribution in [0.1, 0.15) is 15.9 Å². The Balaban J connectivity index is 0.000000584. The van der Waals surface area contributed by atoms with Crippen molar-refractivity contribution in [3.63, 3.8) is 0 Å². The summed E-state index contributed by atoms with van der Waals surface area (Å²) in [5.74, 6) is 0.811. The lowest BCUT2D eigenvalue weighted by atomic mass is 10.1. The van der Waals surface area contributed by atoms with Gasteiger partial charge in [0, 0.05) is 37.9 Å². The van der Waals surface area contributed by atoms with Crippen LogP contribution in [0, 0.1) is 0 Å². The van der Waals surface area contributed by atoms with Gasteiger partial charge in [0.15, 0.2) is 0 Å². The lowest BCUT2D eigenvalue weighted by Gasteiger charge is -2.35. The summed E-state index contributed by atoms with van der Waals surface area (Å²) in [6.07, 6.45) is -2.60. The molecule has 0 bridgehead atoms. The highest BCUT2D eigenvalue weighted by atomic mass is 19.4. The van der Waals surface area contributed by atoms with Crippen molar-refractivity contribution in [2.75, 3.05) is 37.7 Å². The summed E-state index contributed by atoms with van der Waals surface area (Å²) < 4.78 is 40.9. The van der Waals surface area contributed by atoms with E-state index in [2.05, 4.69) is 75.3 Å². The average Bonchev–Trinajstić information content (AvgIpc) is 2.90. The standard InChI is InChI=1S/C19H20F3N3O2.C7H4.C3H4/c20-19(21,22)14-27-13-15-4-6-16(7-5-15)18(26)25-11-9-24(10-12-25)17-3-1-2-8-23-17;1-3-5-7-6-4-2;1-3-2/h1-8H,9-14H2;1-2H2;1-2H2. The molecule has 1 aliphatic heterocycles. The maximum Gasteiger partial charge on any atom is 0.411 e. The number of piperazine rings is 1. The summed E-state index contributed by atoms with van der Waals surface area (Å²) in [5, 5.41) is 0. The van der Waals surface area contributed by atoms with E-state index >= 15 is 0 Å². The van der Waals surface area contributed by atoms with Gasteiger partial charge in [-0.3, -0.25) is 4.79 Å². The molecule has 1 aromatic carbocycles. The molecule has 192 valence electrons. The van der Waals surface area contributed by atoms with Crippen LogP contribution in [0.15, 0.2) is 109 Å². The SMILES string of the molecule is C=C=C.C=C=C=C=C=C=C.O=C(c1ccc(COCC(F)(F)F)cc1)N1CCN(c2ccccn2)CC1. The molecule has 2 heterocycles. The summed E-state index contributed by atoms with van der Waals surface area (Å²) >= 11 is 0. The van der Waals surface area contributed by atoms with Gasteiger partial charge in [-0.1, -0.05) is 42.8 Å². The van der Waals surface area contributed by atoms with Gasteiger partial charge in [-0.05, 0) is 60.2 Å². The number of hydrogen-bond acceptors (Lipinski definition) is 4. The Labute approximate surface area is 215 Å². The lowest BCUT2D eigenvalue weighted by molar-refractivity contribution is -0.176. The van der Waals surface area contributed by atoms with Gasteiger partial charge in [0.2, 0.25) is 0 Å². The van der Waals surface area contributed by atoms with Gasteiger partial charge >= 0.3 is 6.18 Å². The second-order valence-electron chi connectivity index (χ2n) is 7.25. The van der Waals surface area contributed by atoms with Gasteiger partial charge in [-0.15, -0.1) is 5.73 Å². The zero-order valence-electron chi connectivity index (χ0n) is 20.5. The van der Waals surface area contributed by atoms with E-state index in [1.165, 1.54) is 0 Å². The van der Waals surface area contributed by atoms with Crippen molar-refractivity contribution in [1.29, 1.82) is 0 Å². The molecule has 0 unspecified atom stereocenters. The van der Waals surface area contributed by atoms with E-state index in [4.69, 9.17) is 0 Å². The molecule has 0 saturated carbocycles. The molecule has 3 rings (SSSR count). The van der Waals surface area contributed by atoms with E-state index < -0.39 is 12.8 Å². The van der Waals surface area contributed by atoms with Crippen LogP contribution in [0.3, 0.4) is 0 Å². The van der Waals surface area contributed by atoms with Crippen LogP contribution >= 0.6 is 0 Å². The third-order valence-corrected chi connectivity index (χ3v) is 4.58. The summed E-state index contributed by atoms with van der Waals surface area (Å²) in [6.45, 7) is 13.9. The minimum absolute atomic E-state index is 0.0848. The number of halogens is 3. The molecule has 1 saturated heterocycles. The molecule has 0 aliphatic carbocycles. The number of carbonyl (C=O) groups excluding carboxylic acids is 1. The van der Waals surface area contributed by atoms with Crippen molar-refractivity contribution in [2.24, 2.45) is 0 Å². The lowest BCUT2D eigenvalue weighted by Crippen LogP contribution is -2.49. The van der Waals surface area contributed by atoms with E-state index in [1.54, 1.807) is 35.4 Å². The Bertz CT molecular complexity index is 1170. The molecular formula is C29H28F3N3O2. The summed E-state index contributed by atoms with van der Waals surface area (Å²) in [5.41, 5.74) is 15.4. The Kier molecular flexibility index (Phi) is 14.1. The van der Waals surface area contributed by atoms with Crippen LogP contribution in [0.25, 0.3) is 0 Å². The predicted octanol–water partition coefficient (Wildman–Crippen LogP) is 5.66. The first-order chi connectivity index (χ1) is 17.8. The van der Waals surface area contributed by atoms with E-state index in [0.29, 0.717) is 37.3 Å². The van der Waals surface area contributed by atoms with Crippen molar-refractivity contribution in [3.05, 3.63) is 120 Å². The quantitative estimate of drug-likeness (QED) is 0.490. The summed E-state index contributed by atoms with van der Waals surface area (Å²) in [6, 6.07) is 12.2. The van der Waals surface area contributed by atoms with Crippen LogP contribution in [0.5, 0.6) is 0 Å². The Morgan fingerprint density at radius 2 is 1.51 bits per heavy atom. The van der Waals surface area contributed by atoms with Gasteiger partial charge in [-0.25, -0.2) is 4.98 Å². The number of benzene rings is 1. The second kappa shape index (κ2) is 17.1. The van der Waals surface area contributed by atoms with Crippen LogP contribution < -0.4 is 4.90 Å². The number of carbonyl (C=O) groups is 1. The number of amides is 1. The highest BCUT2D eigenvalue weighted by Crippen LogP contribution is 2.17. The van der Waals surface area contributed by atoms with E-state index in [9.17, 15) is 18.0 Å². The zero-order chi connectivity index (χ0) is 27.5. The Hall–Kier alpha value is -4.45. The number of nitrogens with zero attached hydrogens (tertiary/aromatic N) is 3. The second-order valence-corrected chi connectivity index (χ2v) is 7.25. The van der Waals surface area contributed by atoms with Crippen LogP contribution in [0.2, 0.25) is 0 Å². The molecule has 0 atom stereocenters. The maximum atomic E-state index is 12.6. The topological polar surface area (TPSA) is 45.7 Å². The number of hydrogen-bond donors (Lipinski definition) is 0. The first-order valence-corrected chi connectivity index (χ1v) is 11.0. The third kappa shape index (κ3) is 12.7. The monoisotopic (exact) mass is 507 g/mol. The predicted molar refractivity (Wildman–Crippen MR) is 138 cm³/mol. The molecule has 2 aromatic rings. The molecule has 1 aromatic heterocycles. The molecule has 37 heavy (non-hydrogen) atoms. The number of rotatable bonds is 5. The summed E-state index contributed by atoms with van der Waals surface area (Å²) in [4.78, 5) is 20.8. The zero-order valence-corrected chi connectivity index (χ0v) is 20.5. The van der Waals surface area contributed by atoms with E-state index in [0.717, 1.165) is 5.82 Å². The molecule has 8 heteroatoms. The Morgan fingerprint density at radius 1 is 0.919 bits per heavy atom. The fourth-order valence-electron chi connectivity index (χ4n) is 3.01. The molecule has 5 nitrogen and oxygen atoms in total. The van der Waals surface area contributed by atoms with E-state index in [1.807, 2.05) is 18.2 Å². The van der Waals surface area contributed by atoms with E-state index in [-0.39, 0.29) is 12.5 Å². The van der Waals surface area contributed by atoms with Crippen molar-refractivity contribution >= 4 is 11.7 Å². The number of pyridine rings is 1. The number of alkyl halides is 3. The van der Waals surface area contributed by atoms with Crippen LogP contribution in [0.4, 0.5) is 19.0 Å². The highest BCUT2D eigenvalue weighted by Gasteiger charge is 2.27. The summed E-state index contributed by atoms with van der Waals surface area (Å²) in [7, 11) is 0. The van der Waals surface area contributed by atoms with Crippen LogP contribution in [-0.4, -0.2) is 54.8 Å². The molecule has 1 fully saturated rings. The highest BCUT2D eigenvalue weighted by molar-refractivity contribution is 5.94. The molecule has 0 N–H and O–H groups in total. The molecule has 0 radical (unpaired) electrons. The van der Waals surface area contributed by atoms with Gasteiger partial charge in [-0.2, -0.15) is 13.2 Å². The van der Waals surface area contributed by atoms with Crippen LogP contribution in [-0.2, 0) is 11.3 Å². The number of ether oxygens (including phenoxy) is 1.